The summed E-state index contributed by atoms with van der Waals surface area (Å²) in [6, 6.07) is 1.56. The number of benzene rings is 1. The Balaban J connectivity index is 3.45. The van der Waals surface area contributed by atoms with Crippen molar-refractivity contribution in [2.45, 2.75) is 5.33 Å². The summed E-state index contributed by atoms with van der Waals surface area (Å²) in [5.74, 6) is -2.26. The number of hydrogen-bond acceptors (Lipinski definition) is 3. The molecule has 1 rings (SSSR count). The minimum atomic E-state index is -1.45. The van der Waals surface area contributed by atoms with Gasteiger partial charge in [-0.1, -0.05) is 15.9 Å². The highest BCUT2D eigenvalue weighted by Crippen LogP contribution is 2.24. The van der Waals surface area contributed by atoms with Gasteiger partial charge in [-0.15, -0.1) is 0 Å². The molecule has 0 unspecified atom stereocenters. The molecule has 1 aromatic rings. The van der Waals surface area contributed by atoms with Crippen molar-refractivity contribution in [1.82, 2.24) is 0 Å². The SMILES string of the molecule is O=C(O)c1cc(CBr)c(F)cc1[N+](=O)[O-]. The van der Waals surface area contributed by atoms with Crippen molar-refractivity contribution < 1.29 is 19.2 Å². The zero-order valence-electron chi connectivity index (χ0n) is 7.24. The van der Waals surface area contributed by atoms with E-state index in [1.807, 2.05) is 0 Å². The van der Waals surface area contributed by atoms with E-state index < -0.39 is 28.0 Å². The smallest absolute Gasteiger partial charge is 0.342 e. The molecule has 1 aromatic carbocycles. The molecule has 0 aliphatic carbocycles. The molecule has 0 aliphatic rings. The molecule has 5 nitrogen and oxygen atoms in total. The lowest BCUT2D eigenvalue weighted by atomic mass is 10.1. The van der Waals surface area contributed by atoms with Gasteiger partial charge >= 0.3 is 5.97 Å². The highest BCUT2D eigenvalue weighted by Gasteiger charge is 2.22. The number of carboxylic acid groups (broad SMARTS) is 1. The first-order chi connectivity index (χ1) is 6.97. The van der Waals surface area contributed by atoms with Crippen LogP contribution < -0.4 is 0 Å². The molecule has 0 bridgehead atoms. The van der Waals surface area contributed by atoms with Crippen LogP contribution in [0.5, 0.6) is 0 Å². The molecule has 0 spiro atoms. The summed E-state index contributed by atoms with van der Waals surface area (Å²) in [4.78, 5) is 20.2. The lowest BCUT2D eigenvalue weighted by molar-refractivity contribution is -0.385. The Morgan fingerprint density at radius 3 is 2.60 bits per heavy atom. The van der Waals surface area contributed by atoms with Crippen molar-refractivity contribution in [1.29, 1.82) is 0 Å². The van der Waals surface area contributed by atoms with E-state index in [4.69, 9.17) is 5.11 Å². The topological polar surface area (TPSA) is 80.4 Å². The van der Waals surface area contributed by atoms with Gasteiger partial charge in [0, 0.05) is 5.33 Å². The van der Waals surface area contributed by atoms with Crippen molar-refractivity contribution >= 4 is 27.6 Å². The van der Waals surface area contributed by atoms with Gasteiger partial charge in [0.25, 0.3) is 5.69 Å². The first-order valence-electron chi connectivity index (χ1n) is 3.73. The normalized spacial score (nSPS) is 10.0. The highest BCUT2D eigenvalue weighted by atomic mass is 79.9. The summed E-state index contributed by atoms with van der Waals surface area (Å²) in [6.07, 6.45) is 0. The molecule has 0 saturated heterocycles. The predicted octanol–water partition coefficient (Wildman–Crippen LogP) is 2.33. The maximum Gasteiger partial charge on any atom is 0.342 e. The van der Waals surface area contributed by atoms with Gasteiger partial charge in [-0.25, -0.2) is 9.18 Å². The number of nitro groups is 1. The number of alkyl halides is 1. The van der Waals surface area contributed by atoms with Crippen LogP contribution in [0.25, 0.3) is 0 Å². The molecular weight excluding hydrogens is 273 g/mol. The van der Waals surface area contributed by atoms with Gasteiger partial charge in [0.2, 0.25) is 0 Å². The van der Waals surface area contributed by atoms with E-state index in [9.17, 15) is 19.3 Å². The molecule has 0 aliphatic heterocycles. The zero-order valence-corrected chi connectivity index (χ0v) is 8.82. The van der Waals surface area contributed by atoms with Gasteiger partial charge in [-0.2, -0.15) is 0 Å². The Bertz CT molecular complexity index is 435. The molecular formula is C8H5BrFNO4. The van der Waals surface area contributed by atoms with Crippen molar-refractivity contribution in [2.24, 2.45) is 0 Å². The van der Waals surface area contributed by atoms with E-state index in [1.54, 1.807) is 0 Å². The third kappa shape index (κ3) is 2.30. The number of halogens is 2. The van der Waals surface area contributed by atoms with E-state index in [1.165, 1.54) is 0 Å². The maximum atomic E-state index is 13.1. The lowest BCUT2D eigenvalue weighted by Gasteiger charge is -2.02. The average Bonchev–Trinajstić information content (AvgIpc) is 2.16. The summed E-state index contributed by atoms with van der Waals surface area (Å²) < 4.78 is 13.1. The first kappa shape index (κ1) is 11.6. The molecule has 0 heterocycles. The van der Waals surface area contributed by atoms with Gasteiger partial charge in [0.15, 0.2) is 0 Å². The zero-order chi connectivity index (χ0) is 11.6. The van der Waals surface area contributed by atoms with Crippen LogP contribution in [0.3, 0.4) is 0 Å². The number of aromatic carboxylic acids is 1. The monoisotopic (exact) mass is 277 g/mol. The van der Waals surface area contributed by atoms with Crippen molar-refractivity contribution in [3.8, 4) is 0 Å². The van der Waals surface area contributed by atoms with Crippen LogP contribution in [0.2, 0.25) is 0 Å². The number of carboxylic acids is 1. The third-order valence-corrected chi connectivity index (χ3v) is 2.34. The van der Waals surface area contributed by atoms with Gasteiger partial charge < -0.3 is 5.11 Å². The Hall–Kier alpha value is -1.50. The number of rotatable bonds is 3. The fourth-order valence-electron chi connectivity index (χ4n) is 1.03. The molecule has 0 amide bonds. The van der Waals surface area contributed by atoms with Crippen LogP contribution in [-0.2, 0) is 5.33 Å². The van der Waals surface area contributed by atoms with Crippen molar-refractivity contribution in [2.75, 3.05) is 0 Å². The van der Waals surface area contributed by atoms with Crippen molar-refractivity contribution in [3.63, 3.8) is 0 Å². The van der Waals surface area contributed by atoms with E-state index in [0.717, 1.165) is 6.07 Å². The molecule has 1 N–H and O–H groups in total. The number of carbonyl (C=O) groups is 1. The van der Waals surface area contributed by atoms with Gasteiger partial charge in [0.05, 0.1) is 11.0 Å². The van der Waals surface area contributed by atoms with E-state index in [-0.39, 0.29) is 10.9 Å². The van der Waals surface area contributed by atoms with Crippen LogP contribution in [-0.4, -0.2) is 16.0 Å². The first-order valence-corrected chi connectivity index (χ1v) is 4.85. The summed E-state index contributed by atoms with van der Waals surface area (Å²) in [5, 5.41) is 19.2. The predicted molar refractivity (Wildman–Crippen MR) is 52.6 cm³/mol. The molecule has 80 valence electrons. The minimum absolute atomic E-state index is 0.0676. The van der Waals surface area contributed by atoms with Crippen LogP contribution in [0.4, 0.5) is 10.1 Å². The van der Waals surface area contributed by atoms with E-state index in [2.05, 4.69) is 15.9 Å². The second-order valence-electron chi connectivity index (χ2n) is 2.66. The minimum Gasteiger partial charge on any atom is -0.477 e. The molecule has 0 fully saturated rings. The Morgan fingerprint density at radius 1 is 1.60 bits per heavy atom. The number of hydrogen-bond donors (Lipinski definition) is 1. The van der Waals surface area contributed by atoms with Crippen LogP contribution in [0.15, 0.2) is 12.1 Å². The van der Waals surface area contributed by atoms with Crippen molar-refractivity contribution in [3.05, 3.63) is 39.2 Å². The number of nitro benzene ring substituents is 1. The molecule has 0 atom stereocenters. The average molecular weight is 278 g/mol. The summed E-state index contributed by atoms with van der Waals surface area (Å²) in [7, 11) is 0. The Kier molecular flexibility index (Phi) is 3.35. The van der Waals surface area contributed by atoms with Crippen LogP contribution in [0, 0.1) is 15.9 Å². The lowest BCUT2D eigenvalue weighted by Crippen LogP contribution is -2.05. The third-order valence-electron chi connectivity index (χ3n) is 1.74. The molecule has 15 heavy (non-hydrogen) atoms. The second-order valence-corrected chi connectivity index (χ2v) is 3.22. The standard InChI is InChI=1S/C8H5BrFNO4/c9-3-4-1-5(8(12)13)7(11(14)15)2-6(4)10/h1-2H,3H2,(H,12,13). The summed E-state index contributed by atoms with van der Waals surface area (Å²) in [5.41, 5.74) is -1.20. The van der Waals surface area contributed by atoms with E-state index in [0.29, 0.717) is 6.07 Å². The van der Waals surface area contributed by atoms with Gasteiger partial charge in [-0.05, 0) is 11.6 Å². The quantitative estimate of drug-likeness (QED) is 0.522. The molecule has 0 saturated carbocycles. The highest BCUT2D eigenvalue weighted by molar-refractivity contribution is 9.08. The molecule has 0 aromatic heterocycles. The van der Waals surface area contributed by atoms with E-state index >= 15 is 0 Å². The molecule has 7 heteroatoms. The fourth-order valence-corrected chi connectivity index (χ4v) is 1.46. The number of nitrogens with zero attached hydrogens (tertiary/aromatic N) is 1. The Labute approximate surface area is 91.8 Å². The largest absolute Gasteiger partial charge is 0.477 e. The van der Waals surface area contributed by atoms with Crippen LogP contribution >= 0.6 is 15.9 Å². The van der Waals surface area contributed by atoms with Gasteiger partial charge in [0.1, 0.15) is 11.4 Å². The van der Waals surface area contributed by atoms with Crippen LogP contribution in [0.1, 0.15) is 15.9 Å². The fraction of sp³-hybridized carbons (Fsp3) is 0.125. The van der Waals surface area contributed by atoms with Gasteiger partial charge in [-0.3, -0.25) is 10.1 Å². The molecule has 0 radical (unpaired) electrons. The summed E-state index contributed by atoms with van der Waals surface area (Å²) in [6.45, 7) is 0. The Morgan fingerprint density at radius 2 is 2.20 bits per heavy atom. The maximum absolute atomic E-state index is 13.1. The summed E-state index contributed by atoms with van der Waals surface area (Å²) >= 11 is 2.95. The second kappa shape index (κ2) is 4.35.